The fourth-order valence-electron chi connectivity index (χ4n) is 5.19. The fourth-order valence-corrected chi connectivity index (χ4v) is 5.19. The van der Waals surface area contributed by atoms with Crippen molar-refractivity contribution in [2.75, 3.05) is 0 Å². The van der Waals surface area contributed by atoms with Gasteiger partial charge >= 0.3 is 0 Å². The van der Waals surface area contributed by atoms with Crippen molar-refractivity contribution in [2.45, 2.75) is 52.4 Å². The maximum atomic E-state index is 2.55. The number of fused-ring (bicyclic) bond motifs is 1. The van der Waals surface area contributed by atoms with E-state index in [0.29, 0.717) is 0 Å². The van der Waals surface area contributed by atoms with Gasteiger partial charge in [-0.15, -0.1) is 0 Å². The Morgan fingerprint density at radius 3 is 2.48 bits per heavy atom. The molecule has 6 unspecified atom stereocenters. The van der Waals surface area contributed by atoms with Crippen LogP contribution in [0.2, 0.25) is 0 Å². The van der Waals surface area contributed by atoms with Gasteiger partial charge < -0.3 is 0 Å². The minimum atomic E-state index is 0.769. The molecular weight excluding hydrogens is 252 g/mol. The van der Waals surface area contributed by atoms with Gasteiger partial charge in [0, 0.05) is 0 Å². The molecule has 0 spiro atoms. The van der Waals surface area contributed by atoms with Gasteiger partial charge in [-0.25, -0.2) is 0 Å². The van der Waals surface area contributed by atoms with Gasteiger partial charge in [0.2, 0.25) is 0 Å². The van der Waals surface area contributed by atoms with E-state index in [0.717, 1.165) is 35.5 Å². The average molecular weight is 282 g/mol. The third-order valence-electron chi connectivity index (χ3n) is 6.23. The SMILES string of the molecule is CCCC1C=CC(C)C2CCC(c3ccccc3)C(C)C12. The van der Waals surface area contributed by atoms with E-state index in [1.807, 2.05) is 0 Å². The molecule has 2 aliphatic rings. The van der Waals surface area contributed by atoms with E-state index in [1.165, 1.54) is 25.7 Å². The Morgan fingerprint density at radius 2 is 1.76 bits per heavy atom. The van der Waals surface area contributed by atoms with Crippen LogP contribution in [0.25, 0.3) is 0 Å². The van der Waals surface area contributed by atoms with Gasteiger partial charge in [0.15, 0.2) is 0 Å². The Kier molecular flexibility index (Phi) is 4.52. The van der Waals surface area contributed by atoms with Crippen LogP contribution in [-0.2, 0) is 0 Å². The van der Waals surface area contributed by atoms with E-state index < -0.39 is 0 Å². The average Bonchev–Trinajstić information content (AvgIpc) is 2.51. The fraction of sp³-hybridized carbons (Fsp3) is 0.619. The second-order valence-corrected chi connectivity index (χ2v) is 7.39. The first-order chi connectivity index (χ1) is 10.2. The summed E-state index contributed by atoms with van der Waals surface area (Å²) in [6.45, 7) is 7.30. The zero-order chi connectivity index (χ0) is 14.8. The van der Waals surface area contributed by atoms with Gasteiger partial charge in [-0.1, -0.05) is 69.7 Å². The van der Waals surface area contributed by atoms with Crippen molar-refractivity contribution in [3.05, 3.63) is 48.0 Å². The minimum Gasteiger partial charge on any atom is -0.0851 e. The molecule has 0 bridgehead atoms. The molecule has 21 heavy (non-hydrogen) atoms. The maximum absolute atomic E-state index is 2.55. The molecule has 0 radical (unpaired) electrons. The summed E-state index contributed by atoms with van der Waals surface area (Å²) in [6, 6.07) is 11.3. The van der Waals surface area contributed by atoms with Crippen molar-refractivity contribution in [2.24, 2.45) is 29.6 Å². The van der Waals surface area contributed by atoms with E-state index in [4.69, 9.17) is 0 Å². The van der Waals surface area contributed by atoms with Crippen LogP contribution in [0.5, 0.6) is 0 Å². The van der Waals surface area contributed by atoms with Crippen LogP contribution in [-0.4, -0.2) is 0 Å². The topological polar surface area (TPSA) is 0 Å². The highest BCUT2D eigenvalue weighted by molar-refractivity contribution is 5.22. The zero-order valence-corrected chi connectivity index (χ0v) is 13.8. The van der Waals surface area contributed by atoms with Gasteiger partial charge in [-0.3, -0.25) is 0 Å². The number of hydrogen-bond donors (Lipinski definition) is 0. The molecule has 2 aliphatic carbocycles. The molecule has 0 aliphatic heterocycles. The van der Waals surface area contributed by atoms with Gasteiger partial charge in [0.1, 0.15) is 0 Å². The summed E-state index contributed by atoms with van der Waals surface area (Å²) >= 11 is 0. The van der Waals surface area contributed by atoms with Crippen molar-refractivity contribution in [1.29, 1.82) is 0 Å². The van der Waals surface area contributed by atoms with Crippen LogP contribution >= 0.6 is 0 Å². The van der Waals surface area contributed by atoms with E-state index in [9.17, 15) is 0 Å². The Labute approximate surface area is 130 Å². The smallest absolute Gasteiger partial charge is 0.0133 e. The Hall–Kier alpha value is -1.04. The van der Waals surface area contributed by atoms with Crippen LogP contribution in [0.15, 0.2) is 42.5 Å². The van der Waals surface area contributed by atoms with Gasteiger partial charge in [-0.2, -0.15) is 0 Å². The first-order valence-electron chi connectivity index (χ1n) is 8.95. The molecule has 114 valence electrons. The first-order valence-corrected chi connectivity index (χ1v) is 8.95. The van der Waals surface area contributed by atoms with Crippen LogP contribution in [0, 0.1) is 29.6 Å². The van der Waals surface area contributed by atoms with Crippen LogP contribution in [0.3, 0.4) is 0 Å². The molecule has 1 aromatic rings. The monoisotopic (exact) mass is 282 g/mol. The minimum absolute atomic E-state index is 0.769. The lowest BCUT2D eigenvalue weighted by Crippen LogP contribution is -2.40. The predicted octanol–water partition coefficient (Wildman–Crippen LogP) is 6.05. The summed E-state index contributed by atoms with van der Waals surface area (Å²) < 4.78 is 0. The van der Waals surface area contributed by atoms with Crippen LogP contribution in [0.1, 0.15) is 57.9 Å². The number of rotatable bonds is 3. The maximum Gasteiger partial charge on any atom is -0.0133 e. The van der Waals surface area contributed by atoms with E-state index in [1.54, 1.807) is 5.56 Å². The highest BCUT2D eigenvalue weighted by atomic mass is 14.5. The van der Waals surface area contributed by atoms with E-state index >= 15 is 0 Å². The Morgan fingerprint density at radius 1 is 1.00 bits per heavy atom. The van der Waals surface area contributed by atoms with Crippen LogP contribution < -0.4 is 0 Å². The Bertz CT molecular complexity index is 472. The van der Waals surface area contributed by atoms with E-state index in [2.05, 4.69) is 63.3 Å². The lowest BCUT2D eigenvalue weighted by Gasteiger charge is -2.49. The Balaban J connectivity index is 1.86. The standard InChI is InChI=1S/C21H30/c1-4-8-18-12-11-15(2)19-13-14-20(16(3)21(18)19)17-9-6-5-7-10-17/h5-7,9-12,15-16,18-21H,4,8,13-14H2,1-3H3. The first kappa shape index (κ1) is 14.9. The van der Waals surface area contributed by atoms with Crippen LogP contribution in [0.4, 0.5) is 0 Å². The largest absolute Gasteiger partial charge is 0.0851 e. The normalized spacial score (nSPS) is 39.0. The van der Waals surface area contributed by atoms with Crippen molar-refractivity contribution in [3.63, 3.8) is 0 Å². The van der Waals surface area contributed by atoms with Crippen molar-refractivity contribution >= 4 is 0 Å². The summed E-state index contributed by atoms with van der Waals surface area (Å²) in [7, 11) is 0. The molecule has 0 heteroatoms. The molecule has 0 N–H and O–H groups in total. The second-order valence-electron chi connectivity index (χ2n) is 7.39. The van der Waals surface area contributed by atoms with Gasteiger partial charge in [0.05, 0.1) is 0 Å². The molecule has 1 aromatic carbocycles. The van der Waals surface area contributed by atoms with Gasteiger partial charge in [-0.05, 0) is 60.3 Å². The number of hydrogen-bond acceptors (Lipinski definition) is 0. The lowest BCUT2D eigenvalue weighted by atomic mass is 9.56. The van der Waals surface area contributed by atoms with E-state index in [-0.39, 0.29) is 0 Å². The molecule has 1 fully saturated rings. The molecule has 0 heterocycles. The molecule has 6 atom stereocenters. The highest BCUT2D eigenvalue weighted by Crippen LogP contribution is 2.52. The van der Waals surface area contributed by atoms with Crippen molar-refractivity contribution < 1.29 is 0 Å². The zero-order valence-electron chi connectivity index (χ0n) is 13.8. The molecule has 0 saturated heterocycles. The summed E-state index contributed by atoms with van der Waals surface area (Å²) in [5, 5.41) is 0. The highest BCUT2D eigenvalue weighted by Gasteiger charge is 2.43. The molecular formula is C21H30. The summed E-state index contributed by atoms with van der Waals surface area (Å²) in [5.41, 5.74) is 1.57. The van der Waals surface area contributed by atoms with Crippen molar-refractivity contribution in [3.8, 4) is 0 Å². The third kappa shape index (κ3) is 2.82. The molecule has 3 rings (SSSR count). The second kappa shape index (κ2) is 6.38. The summed E-state index contributed by atoms with van der Waals surface area (Å²) in [4.78, 5) is 0. The van der Waals surface area contributed by atoms with Crippen molar-refractivity contribution in [1.82, 2.24) is 0 Å². The molecule has 0 nitrogen and oxygen atoms in total. The van der Waals surface area contributed by atoms with Gasteiger partial charge in [0.25, 0.3) is 0 Å². The number of benzene rings is 1. The predicted molar refractivity (Wildman–Crippen MR) is 91.3 cm³/mol. The lowest BCUT2D eigenvalue weighted by molar-refractivity contribution is 0.0642. The molecule has 1 saturated carbocycles. The summed E-state index contributed by atoms with van der Waals surface area (Å²) in [6.07, 6.45) is 10.5. The number of allylic oxidation sites excluding steroid dienone is 2. The quantitative estimate of drug-likeness (QED) is 0.591. The molecule has 0 aromatic heterocycles. The third-order valence-corrected chi connectivity index (χ3v) is 6.23. The molecule has 0 amide bonds. The summed E-state index contributed by atoms with van der Waals surface area (Å²) in [5.74, 6) is 4.99.